The average molecular weight is 287 g/mol. The highest BCUT2D eigenvalue weighted by Gasteiger charge is 2.15. The summed E-state index contributed by atoms with van der Waals surface area (Å²) in [5, 5.41) is 4.19. The molecule has 0 bridgehead atoms. The van der Waals surface area contributed by atoms with E-state index in [4.69, 9.17) is 5.73 Å². The molecule has 4 nitrogen and oxygen atoms in total. The maximum atomic E-state index is 11.9. The topological polar surface area (TPSA) is 52.9 Å². The number of fused-ring (bicyclic) bond motifs is 1. The summed E-state index contributed by atoms with van der Waals surface area (Å²) in [5.74, 6) is 0. The van der Waals surface area contributed by atoms with Crippen molar-refractivity contribution in [2.45, 2.75) is 13.0 Å². The Morgan fingerprint density at radius 1 is 1.15 bits per heavy atom. The fraction of sp³-hybridized carbons (Fsp3) is 0.267. The first-order valence-electron chi connectivity index (χ1n) is 6.44. The van der Waals surface area contributed by atoms with Crippen LogP contribution in [0.1, 0.15) is 22.7 Å². The van der Waals surface area contributed by atoms with Gasteiger partial charge in [-0.2, -0.15) is 11.3 Å². The first kappa shape index (κ1) is 13.1. The van der Waals surface area contributed by atoms with Gasteiger partial charge >= 0.3 is 5.69 Å². The summed E-state index contributed by atoms with van der Waals surface area (Å²) in [6, 6.07) is 5.83. The van der Waals surface area contributed by atoms with Crippen molar-refractivity contribution in [1.82, 2.24) is 9.13 Å². The fourth-order valence-corrected chi connectivity index (χ4v) is 3.47. The van der Waals surface area contributed by atoms with E-state index in [0.717, 1.165) is 22.2 Å². The Hall–Kier alpha value is -1.85. The van der Waals surface area contributed by atoms with Crippen molar-refractivity contribution in [3.05, 3.63) is 56.1 Å². The molecule has 1 aromatic carbocycles. The number of aromatic nitrogens is 2. The molecule has 2 heterocycles. The highest BCUT2D eigenvalue weighted by atomic mass is 32.1. The van der Waals surface area contributed by atoms with Crippen molar-refractivity contribution >= 4 is 22.4 Å². The molecule has 1 unspecified atom stereocenters. The van der Waals surface area contributed by atoms with Crippen LogP contribution in [0.2, 0.25) is 0 Å². The van der Waals surface area contributed by atoms with Gasteiger partial charge in [0.05, 0.1) is 17.1 Å². The third-order valence-corrected chi connectivity index (χ3v) is 4.77. The lowest BCUT2D eigenvalue weighted by Crippen LogP contribution is -2.19. The van der Waals surface area contributed by atoms with Gasteiger partial charge in [0.1, 0.15) is 0 Å². The summed E-state index contributed by atoms with van der Waals surface area (Å²) in [7, 11) is 3.57. The van der Waals surface area contributed by atoms with Gasteiger partial charge in [-0.1, -0.05) is 6.07 Å². The predicted octanol–water partition coefficient (Wildman–Crippen LogP) is 2.30. The van der Waals surface area contributed by atoms with Crippen LogP contribution in [0, 0.1) is 6.92 Å². The van der Waals surface area contributed by atoms with Gasteiger partial charge in [0.25, 0.3) is 0 Å². The second kappa shape index (κ2) is 4.61. The van der Waals surface area contributed by atoms with E-state index in [0.29, 0.717) is 0 Å². The van der Waals surface area contributed by atoms with Gasteiger partial charge in [0, 0.05) is 14.1 Å². The van der Waals surface area contributed by atoms with Gasteiger partial charge in [-0.15, -0.1) is 0 Å². The molecule has 1 atom stereocenters. The van der Waals surface area contributed by atoms with E-state index in [1.807, 2.05) is 18.2 Å². The van der Waals surface area contributed by atoms with Crippen molar-refractivity contribution < 1.29 is 0 Å². The molecule has 3 aromatic rings. The molecular formula is C15H17N3OS. The maximum absolute atomic E-state index is 11.9. The van der Waals surface area contributed by atoms with Crippen LogP contribution in [-0.4, -0.2) is 9.13 Å². The smallest absolute Gasteiger partial charge is 0.320 e. The third-order valence-electron chi connectivity index (χ3n) is 3.89. The lowest BCUT2D eigenvalue weighted by Gasteiger charge is -2.12. The summed E-state index contributed by atoms with van der Waals surface area (Å²) in [4.78, 5) is 11.9. The minimum atomic E-state index is -0.152. The molecule has 2 N–H and O–H groups in total. The molecular weight excluding hydrogens is 270 g/mol. The summed E-state index contributed by atoms with van der Waals surface area (Å²) < 4.78 is 3.31. The second-order valence-electron chi connectivity index (χ2n) is 5.14. The Balaban J connectivity index is 2.17. The van der Waals surface area contributed by atoms with Gasteiger partial charge in [0.2, 0.25) is 0 Å². The molecule has 5 heteroatoms. The van der Waals surface area contributed by atoms with Gasteiger partial charge < -0.3 is 5.73 Å². The van der Waals surface area contributed by atoms with Crippen LogP contribution in [0.4, 0.5) is 0 Å². The molecule has 0 radical (unpaired) electrons. The zero-order valence-electron chi connectivity index (χ0n) is 11.8. The Kier molecular flexibility index (Phi) is 3.03. The molecule has 0 saturated heterocycles. The van der Waals surface area contributed by atoms with Crippen LogP contribution >= 0.6 is 11.3 Å². The third kappa shape index (κ3) is 1.82. The monoisotopic (exact) mass is 287 g/mol. The van der Waals surface area contributed by atoms with Crippen molar-refractivity contribution in [2.75, 3.05) is 0 Å². The molecule has 0 aliphatic rings. The molecule has 0 aliphatic carbocycles. The molecule has 104 valence electrons. The van der Waals surface area contributed by atoms with E-state index >= 15 is 0 Å². The second-order valence-corrected chi connectivity index (χ2v) is 5.88. The zero-order valence-corrected chi connectivity index (χ0v) is 12.6. The summed E-state index contributed by atoms with van der Waals surface area (Å²) in [6.45, 7) is 2.07. The SMILES string of the molecule is Cc1cscc1C(N)c1ccc2c(c1)n(C)c(=O)n2C. The predicted molar refractivity (Wildman–Crippen MR) is 83.2 cm³/mol. The minimum Gasteiger partial charge on any atom is -0.320 e. The van der Waals surface area contributed by atoms with Gasteiger partial charge in [0.15, 0.2) is 0 Å². The Bertz CT molecular complexity index is 841. The zero-order chi connectivity index (χ0) is 14.4. The lowest BCUT2D eigenvalue weighted by atomic mass is 9.99. The highest BCUT2D eigenvalue weighted by molar-refractivity contribution is 7.08. The van der Waals surface area contributed by atoms with Crippen molar-refractivity contribution in [3.63, 3.8) is 0 Å². The summed E-state index contributed by atoms with van der Waals surface area (Å²) in [5.41, 5.74) is 11.6. The average Bonchev–Trinajstić information content (AvgIpc) is 2.97. The first-order chi connectivity index (χ1) is 9.50. The normalized spacial score (nSPS) is 13.0. The van der Waals surface area contributed by atoms with Crippen molar-refractivity contribution in [1.29, 1.82) is 0 Å². The number of nitrogens with two attached hydrogens (primary N) is 1. The van der Waals surface area contributed by atoms with Gasteiger partial charge in [-0.25, -0.2) is 4.79 Å². The molecule has 0 aliphatic heterocycles. The minimum absolute atomic E-state index is 0.0163. The molecule has 0 fully saturated rings. The van der Waals surface area contributed by atoms with Crippen molar-refractivity contribution in [2.24, 2.45) is 19.8 Å². The summed E-state index contributed by atoms with van der Waals surface area (Å²) >= 11 is 1.66. The molecule has 20 heavy (non-hydrogen) atoms. The Morgan fingerprint density at radius 2 is 1.85 bits per heavy atom. The number of rotatable bonds is 2. The molecule has 0 spiro atoms. The Labute approximate surface area is 121 Å². The van der Waals surface area contributed by atoms with E-state index in [-0.39, 0.29) is 11.7 Å². The van der Waals surface area contributed by atoms with E-state index in [2.05, 4.69) is 17.7 Å². The van der Waals surface area contributed by atoms with Gasteiger partial charge in [-0.3, -0.25) is 9.13 Å². The number of aryl methyl sites for hydroxylation is 3. The largest absolute Gasteiger partial charge is 0.328 e. The number of nitrogens with zero attached hydrogens (tertiary/aromatic N) is 2. The van der Waals surface area contributed by atoms with Crippen LogP contribution in [-0.2, 0) is 14.1 Å². The molecule has 2 aromatic heterocycles. The van der Waals surface area contributed by atoms with Crippen molar-refractivity contribution in [3.8, 4) is 0 Å². The maximum Gasteiger partial charge on any atom is 0.328 e. The number of imidazole rings is 1. The van der Waals surface area contributed by atoms with Gasteiger partial charge in [-0.05, 0) is 46.5 Å². The van der Waals surface area contributed by atoms with E-state index in [1.165, 1.54) is 5.56 Å². The number of benzene rings is 1. The van der Waals surface area contributed by atoms with E-state index in [9.17, 15) is 4.79 Å². The quantitative estimate of drug-likeness (QED) is 0.786. The first-order valence-corrected chi connectivity index (χ1v) is 7.38. The number of hydrogen-bond donors (Lipinski definition) is 1. The van der Waals surface area contributed by atoms with Crippen LogP contribution < -0.4 is 11.4 Å². The van der Waals surface area contributed by atoms with Crippen LogP contribution in [0.25, 0.3) is 11.0 Å². The highest BCUT2D eigenvalue weighted by Crippen LogP contribution is 2.27. The number of hydrogen-bond acceptors (Lipinski definition) is 3. The van der Waals surface area contributed by atoms with Crippen LogP contribution in [0.3, 0.4) is 0 Å². The standard InChI is InChI=1S/C15H17N3OS/c1-9-7-20-8-11(9)14(16)10-4-5-12-13(6-10)18(3)15(19)17(12)2/h4-8,14H,16H2,1-3H3. The fourth-order valence-electron chi connectivity index (χ4n) is 2.59. The molecule has 0 saturated carbocycles. The lowest BCUT2D eigenvalue weighted by molar-refractivity contribution is 0.795. The Morgan fingerprint density at radius 3 is 2.50 bits per heavy atom. The van der Waals surface area contributed by atoms with Crippen LogP contribution in [0.15, 0.2) is 33.8 Å². The van der Waals surface area contributed by atoms with E-state index in [1.54, 1.807) is 34.6 Å². The molecule has 0 amide bonds. The van der Waals surface area contributed by atoms with Crippen LogP contribution in [0.5, 0.6) is 0 Å². The van der Waals surface area contributed by atoms with E-state index < -0.39 is 0 Å². The molecule has 3 rings (SSSR count). The number of thiophene rings is 1. The summed E-state index contributed by atoms with van der Waals surface area (Å²) in [6.07, 6.45) is 0.